The number of thiazole rings is 1. The molecule has 2 rings (SSSR count). The van der Waals surface area contributed by atoms with Gasteiger partial charge in [0, 0.05) is 19.0 Å². The van der Waals surface area contributed by atoms with Gasteiger partial charge in [-0.1, -0.05) is 17.7 Å². The second-order valence-electron chi connectivity index (χ2n) is 3.51. The summed E-state index contributed by atoms with van der Waals surface area (Å²) in [6.45, 7) is 0.669. The van der Waals surface area contributed by atoms with E-state index in [4.69, 9.17) is 5.73 Å². The fraction of sp³-hybridized carbons (Fsp3) is 0.364. The molecule has 1 aliphatic carbocycles. The third-order valence-electron chi connectivity index (χ3n) is 2.54. The van der Waals surface area contributed by atoms with Crippen molar-refractivity contribution in [2.75, 3.05) is 18.9 Å². The maximum absolute atomic E-state index is 5.59. The van der Waals surface area contributed by atoms with E-state index in [0.29, 0.717) is 6.54 Å². The van der Waals surface area contributed by atoms with Crippen LogP contribution in [0, 0.1) is 0 Å². The fourth-order valence-corrected chi connectivity index (χ4v) is 2.30. The second kappa shape index (κ2) is 4.59. The largest absolute Gasteiger partial charge is 0.365 e. The molecule has 0 aliphatic heterocycles. The van der Waals surface area contributed by atoms with Crippen LogP contribution in [0.5, 0.6) is 0 Å². The van der Waals surface area contributed by atoms with Gasteiger partial charge in [-0.15, -0.1) is 11.3 Å². The summed E-state index contributed by atoms with van der Waals surface area (Å²) in [6, 6.07) is 0. The van der Waals surface area contributed by atoms with Gasteiger partial charge >= 0.3 is 0 Å². The molecule has 0 fully saturated rings. The van der Waals surface area contributed by atoms with E-state index in [9.17, 15) is 0 Å². The monoisotopic (exact) mass is 221 g/mol. The zero-order valence-corrected chi connectivity index (χ0v) is 9.60. The third-order valence-corrected chi connectivity index (χ3v) is 3.40. The summed E-state index contributed by atoms with van der Waals surface area (Å²) in [7, 11) is 1.89. The van der Waals surface area contributed by atoms with Crippen LogP contribution in [-0.2, 0) is 0 Å². The molecule has 0 unspecified atom stereocenters. The van der Waals surface area contributed by atoms with E-state index in [0.717, 1.165) is 23.7 Å². The lowest BCUT2D eigenvalue weighted by Gasteiger charge is -2.11. The van der Waals surface area contributed by atoms with Crippen LogP contribution in [0.4, 0.5) is 5.13 Å². The average molecular weight is 221 g/mol. The van der Waals surface area contributed by atoms with Gasteiger partial charge in [0.15, 0.2) is 5.13 Å². The minimum Gasteiger partial charge on any atom is -0.365 e. The van der Waals surface area contributed by atoms with Gasteiger partial charge in [0.2, 0.25) is 0 Å². The molecule has 3 N–H and O–H groups in total. The molecule has 0 aromatic carbocycles. The summed E-state index contributed by atoms with van der Waals surface area (Å²) in [5.74, 6) is 0. The van der Waals surface area contributed by atoms with Crippen LogP contribution in [0.2, 0.25) is 0 Å². The van der Waals surface area contributed by atoms with Gasteiger partial charge in [0.25, 0.3) is 0 Å². The van der Waals surface area contributed by atoms with E-state index in [-0.39, 0.29) is 0 Å². The van der Waals surface area contributed by atoms with Crippen molar-refractivity contribution in [3.05, 3.63) is 28.8 Å². The number of nitrogens with zero attached hydrogens (tertiary/aromatic N) is 1. The highest BCUT2D eigenvalue weighted by Gasteiger charge is 2.10. The summed E-state index contributed by atoms with van der Waals surface area (Å²) >= 11 is 1.64. The first-order chi connectivity index (χ1) is 7.33. The lowest BCUT2D eigenvalue weighted by Crippen LogP contribution is -2.05. The predicted octanol–water partition coefficient (Wildman–Crippen LogP) is 2.25. The first-order valence-corrected chi connectivity index (χ1v) is 5.93. The van der Waals surface area contributed by atoms with Crippen molar-refractivity contribution in [1.29, 1.82) is 0 Å². The van der Waals surface area contributed by atoms with Gasteiger partial charge in [0.05, 0.1) is 5.69 Å². The highest BCUT2D eigenvalue weighted by Crippen LogP contribution is 2.28. The molecule has 1 aromatic heterocycles. The normalized spacial score (nSPS) is 15.9. The number of nitrogens with two attached hydrogens (primary N) is 1. The second-order valence-corrected chi connectivity index (χ2v) is 4.37. The molecule has 0 amide bonds. The molecule has 0 saturated heterocycles. The number of hydrogen-bond donors (Lipinski definition) is 2. The molecule has 1 aromatic rings. The maximum Gasteiger partial charge on any atom is 0.182 e. The van der Waals surface area contributed by atoms with Crippen molar-refractivity contribution < 1.29 is 0 Å². The summed E-state index contributed by atoms with van der Waals surface area (Å²) in [4.78, 5) is 4.48. The summed E-state index contributed by atoms with van der Waals surface area (Å²) in [5, 5.41) is 6.12. The van der Waals surface area contributed by atoms with Crippen LogP contribution < -0.4 is 11.1 Å². The fourth-order valence-electron chi connectivity index (χ4n) is 1.60. The van der Waals surface area contributed by atoms with Crippen molar-refractivity contribution in [3.63, 3.8) is 0 Å². The molecule has 0 radical (unpaired) electrons. The first kappa shape index (κ1) is 10.4. The smallest absolute Gasteiger partial charge is 0.182 e. The molecular formula is C11H15N3S. The number of aromatic nitrogens is 1. The molecule has 3 nitrogen and oxygen atoms in total. The average Bonchev–Trinajstić information content (AvgIpc) is 2.78. The zero-order chi connectivity index (χ0) is 10.7. The Labute approximate surface area is 93.7 Å². The Morgan fingerprint density at radius 1 is 1.47 bits per heavy atom. The Kier molecular flexibility index (Phi) is 3.18. The van der Waals surface area contributed by atoms with Gasteiger partial charge in [-0.3, -0.25) is 0 Å². The van der Waals surface area contributed by atoms with E-state index in [1.807, 2.05) is 7.05 Å². The first-order valence-electron chi connectivity index (χ1n) is 5.06. The van der Waals surface area contributed by atoms with Crippen LogP contribution in [0.3, 0.4) is 0 Å². The SMILES string of the molecule is CNc1nc(C2=CC=C(CN)CC2)cs1. The molecule has 0 spiro atoms. The minimum atomic E-state index is 0.669. The molecular weight excluding hydrogens is 206 g/mol. The van der Waals surface area contributed by atoms with Crippen molar-refractivity contribution in [1.82, 2.24) is 4.98 Å². The summed E-state index contributed by atoms with van der Waals surface area (Å²) in [5.41, 5.74) is 9.32. The Hall–Kier alpha value is -1.13. The maximum atomic E-state index is 5.59. The van der Waals surface area contributed by atoms with Crippen LogP contribution in [-0.4, -0.2) is 18.6 Å². The molecule has 1 aliphatic rings. The number of hydrogen-bond acceptors (Lipinski definition) is 4. The number of rotatable bonds is 3. The molecule has 80 valence electrons. The zero-order valence-electron chi connectivity index (χ0n) is 8.79. The Balaban J connectivity index is 2.18. The van der Waals surface area contributed by atoms with Gasteiger partial charge < -0.3 is 11.1 Å². The van der Waals surface area contributed by atoms with Crippen LogP contribution >= 0.6 is 11.3 Å². The lowest BCUT2D eigenvalue weighted by molar-refractivity contribution is 0.924. The Morgan fingerprint density at radius 3 is 2.87 bits per heavy atom. The van der Waals surface area contributed by atoms with E-state index >= 15 is 0 Å². The number of allylic oxidation sites excluding steroid dienone is 3. The van der Waals surface area contributed by atoms with Crippen molar-refractivity contribution in [2.45, 2.75) is 12.8 Å². The van der Waals surface area contributed by atoms with Crippen LogP contribution in [0.1, 0.15) is 18.5 Å². The molecule has 0 atom stereocenters. The van der Waals surface area contributed by atoms with Crippen molar-refractivity contribution >= 4 is 22.0 Å². The molecule has 1 heterocycles. The van der Waals surface area contributed by atoms with Gasteiger partial charge in [-0.25, -0.2) is 4.98 Å². The van der Waals surface area contributed by atoms with E-state index < -0.39 is 0 Å². The molecule has 0 saturated carbocycles. The quantitative estimate of drug-likeness (QED) is 0.823. The van der Waals surface area contributed by atoms with E-state index in [2.05, 4.69) is 27.8 Å². The highest BCUT2D eigenvalue weighted by atomic mass is 32.1. The molecule has 15 heavy (non-hydrogen) atoms. The Bertz CT molecular complexity index is 404. The molecule has 4 heteroatoms. The lowest BCUT2D eigenvalue weighted by atomic mass is 9.97. The highest BCUT2D eigenvalue weighted by molar-refractivity contribution is 7.13. The van der Waals surface area contributed by atoms with E-state index in [1.54, 1.807) is 11.3 Å². The number of nitrogens with one attached hydrogen (secondary N) is 1. The summed E-state index contributed by atoms with van der Waals surface area (Å²) in [6.07, 6.45) is 6.38. The van der Waals surface area contributed by atoms with Crippen LogP contribution in [0.15, 0.2) is 23.1 Å². The van der Waals surface area contributed by atoms with Crippen LogP contribution in [0.25, 0.3) is 5.57 Å². The van der Waals surface area contributed by atoms with Crippen molar-refractivity contribution in [3.8, 4) is 0 Å². The van der Waals surface area contributed by atoms with Gasteiger partial charge in [-0.2, -0.15) is 0 Å². The Morgan fingerprint density at radius 2 is 2.33 bits per heavy atom. The van der Waals surface area contributed by atoms with Gasteiger partial charge in [-0.05, 0) is 18.4 Å². The third kappa shape index (κ3) is 2.27. The standard InChI is InChI=1S/C11H15N3S/c1-13-11-14-10(7-15-11)9-4-2-8(6-12)3-5-9/h2,4,7H,3,5-6,12H2,1H3,(H,13,14). The summed E-state index contributed by atoms with van der Waals surface area (Å²) < 4.78 is 0. The minimum absolute atomic E-state index is 0.669. The van der Waals surface area contributed by atoms with Gasteiger partial charge in [0.1, 0.15) is 0 Å². The number of anilines is 1. The molecule has 0 bridgehead atoms. The van der Waals surface area contributed by atoms with E-state index in [1.165, 1.54) is 11.1 Å². The van der Waals surface area contributed by atoms with Crippen molar-refractivity contribution in [2.24, 2.45) is 5.73 Å². The predicted molar refractivity (Wildman–Crippen MR) is 66.0 cm³/mol. The topological polar surface area (TPSA) is 50.9 Å².